The van der Waals surface area contributed by atoms with Gasteiger partial charge < -0.3 is 15.4 Å². The van der Waals surface area contributed by atoms with Crippen LogP contribution in [0.5, 0.6) is 0 Å². The van der Waals surface area contributed by atoms with Crippen molar-refractivity contribution in [2.75, 3.05) is 6.54 Å². The van der Waals surface area contributed by atoms with Crippen LogP contribution >= 0.6 is 0 Å². The molecule has 0 unspecified atom stereocenters. The maximum atomic E-state index is 12.0. The first-order valence-electron chi connectivity index (χ1n) is 9.56. The Morgan fingerprint density at radius 1 is 1.07 bits per heavy atom. The minimum atomic E-state index is -1.06. The van der Waals surface area contributed by atoms with Crippen LogP contribution in [0.15, 0.2) is 35.9 Å². The number of aryl methyl sites for hydroxylation is 4. The van der Waals surface area contributed by atoms with Crippen LogP contribution in [0.2, 0.25) is 0 Å². The zero-order valence-electron chi connectivity index (χ0n) is 17.4. The summed E-state index contributed by atoms with van der Waals surface area (Å²) in [6.45, 7) is 9.59. The molecule has 0 saturated heterocycles. The average molecular weight is 390 g/mol. The molecule has 5 nitrogen and oxygen atoms in total. The zero-order chi connectivity index (χ0) is 21.3. The van der Waals surface area contributed by atoms with E-state index in [0.29, 0.717) is 5.57 Å². The number of benzene rings is 2. The van der Waals surface area contributed by atoms with Gasteiger partial charge in [-0.15, -0.1) is 0 Å². The van der Waals surface area contributed by atoms with Crippen LogP contribution in [0, 0.1) is 27.7 Å². The fourth-order valence-electron chi connectivity index (χ4n) is 3.53. The summed E-state index contributed by atoms with van der Waals surface area (Å²) in [6.07, 6.45) is 1.80. The van der Waals surface area contributed by atoms with Gasteiger partial charge in [-0.3, -0.25) is 9.59 Å². The second kappa shape index (κ2) is 7.95. The molecule has 0 atom stereocenters. The highest BCUT2D eigenvalue weighted by atomic mass is 16.4. The number of nitrogens with one attached hydrogen (secondary N) is 2. The first kappa shape index (κ1) is 20.4. The standard InChI is InChI=1S/C24H26N2O3/c1-13-10-20(18-6-7-22-21(11-18)16(4)17(5)26-22)14(2)8-19(13)9-15(3)24(29)25-12-23(27)28/h6-11,26H,12H2,1-5H3,(H,25,29)(H,27,28). The van der Waals surface area contributed by atoms with Crippen molar-refractivity contribution >= 4 is 28.9 Å². The number of carboxylic acid groups (broad SMARTS) is 1. The van der Waals surface area contributed by atoms with Gasteiger partial charge in [0.15, 0.2) is 0 Å². The number of aromatic nitrogens is 1. The van der Waals surface area contributed by atoms with Crippen molar-refractivity contribution in [3.05, 3.63) is 63.9 Å². The van der Waals surface area contributed by atoms with Gasteiger partial charge in [-0.1, -0.05) is 18.2 Å². The Morgan fingerprint density at radius 3 is 2.48 bits per heavy atom. The highest BCUT2D eigenvalue weighted by Gasteiger charge is 2.11. The molecule has 5 heteroatoms. The molecule has 0 fully saturated rings. The number of hydrogen-bond acceptors (Lipinski definition) is 2. The van der Waals surface area contributed by atoms with Gasteiger partial charge >= 0.3 is 5.97 Å². The SMILES string of the molecule is CC(=Cc1cc(C)c(-c2ccc3[nH]c(C)c(C)c3c2)cc1C)C(=O)NCC(=O)O. The summed E-state index contributed by atoms with van der Waals surface area (Å²) < 4.78 is 0. The van der Waals surface area contributed by atoms with Crippen molar-refractivity contribution in [2.24, 2.45) is 0 Å². The Bertz CT molecular complexity index is 1150. The summed E-state index contributed by atoms with van der Waals surface area (Å²) in [5.41, 5.74) is 9.49. The molecule has 0 aliphatic heterocycles. The first-order valence-corrected chi connectivity index (χ1v) is 9.56. The average Bonchev–Trinajstić information content (AvgIpc) is 2.95. The van der Waals surface area contributed by atoms with E-state index >= 15 is 0 Å². The maximum Gasteiger partial charge on any atom is 0.322 e. The molecule has 1 heterocycles. The minimum absolute atomic E-state index is 0.378. The van der Waals surface area contributed by atoms with Crippen molar-refractivity contribution in [1.29, 1.82) is 0 Å². The van der Waals surface area contributed by atoms with Crippen LogP contribution in [0.3, 0.4) is 0 Å². The van der Waals surface area contributed by atoms with Crippen molar-refractivity contribution in [1.82, 2.24) is 10.3 Å². The molecule has 2 aromatic carbocycles. The third kappa shape index (κ3) is 4.24. The second-order valence-corrected chi connectivity index (χ2v) is 7.56. The molecule has 0 spiro atoms. The van der Waals surface area contributed by atoms with Crippen molar-refractivity contribution in [3.63, 3.8) is 0 Å². The van der Waals surface area contributed by atoms with Crippen molar-refractivity contribution in [2.45, 2.75) is 34.6 Å². The van der Waals surface area contributed by atoms with Gasteiger partial charge in [-0.2, -0.15) is 0 Å². The number of H-pyrrole nitrogens is 1. The predicted octanol–water partition coefficient (Wildman–Crippen LogP) is 4.67. The number of carbonyl (C=O) groups excluding carboxylic acids is 1. The highest BCUT2D eigenvalue weighted by molar-refractivity contribution is 5.98. The largest absolute Gasteiger partial charge is 0.480 e. The molecular formula is C24H26N2O3. The van der Waals surface area contributed by atoms with E-state index in [-0.39, 0.29) is 12.5 Å². The van der Waals surface area contributed by atoms with Gasteiger partial charge in [0.1, 0.15) is 6.54 Å². The molecule has 3 aromatic rings. The summed E-state index contributed by atoms with van der Waals surface area (Å²) in [5.74, 6) is -1.44. The van der Waals surface area contributed by atoms with E-state index in [0.717, 1.165) is 33.3 Å². The van der Waals surface area contributed by atoms with Gasteiger partial charge in [0.25, 0.3) is 0 Å². The summed E-state index contributed by atoms with van der Waals surface area (Å²) in [4.78, 5) is 26.1. The summed E-state index contributed by atoms with van der Waals surface area (Å²) in [6, 6.07) is 10.7. The van der Waals surface area contributed by atoms with Crippen LogP contribution in [0.4, 0.5) is 0 Å². The van der Waals surface area contributed by atoms with Crippen molar-refractivity contribution < 1.29 is 14.7 Å². The summed E-state index contributed by atoms with van der Waals surface area (Å²) in [5, 5.41) is 12.3. The van der Waals surface area contributed by atoms with E-state index in [4.69, 9.17) is 5.11 Å². The Hall–Kier alpha value is -3.34. The molecule has 0 saturated carbocycles. The fraction of sp³-hybridized carbons (Fsp3) is 0.250. The Labute approximate surface area is 170 Å². The summed E-state index contributed by atoms with van der Waals surface area (Å²) >= 11 is 0. The second-order valence-electron chi connectivity index (χ2n) is 7.56. The maximum absolute atomic E-state index is 12.0. The van der Waals surface area contributed by atoms with E-state index in [2.05, 4.69) is 61.4 Å². The van der Waals surface area contributed by atoms with E-state index in [1.807, 2.05) is 6.92 Å². The molecule has 1 amide bonds. The van der Waals surface area contributed by atoms with E-state index < -0.39 is 5.97 Å². The fourth-order valence-corrected chi connectivity index (χ4v) is 3.53. The van der Waals surface area contributed by atoms with Crippen LogP contribution in [-0.4, -0.2) is 28.5 Å². The predicted molar refractivity (Wildman–Crippen MR) is 117 cm³/mol. The number of aromatic amines is 1. The van der Waals surface area contributed by atoms with Gasteiger partial charge in [-0.25, -0.2) is 0 Å². The van der Waals surface area contributed by atoms with Gasteiger partial charge in [0.05, 0.1) is 0 Å². The number of carboxylic acids is 1. The molecular weight excluding hydrogens is 364 g/mol. The molecule has 3 N–H and O–H groups in total. The van der Waals surface area contributed by atoms with Gasteiger partial charge in [0.2, 0.25) is 5.91 Å². The minimum Gasteiger partial charge on any atom is -0.480 e. The number of aliphatic carboxylic acids is 1. The topological polar surface area (TPSA) is 82.2 Å². The Balaban J connectivity index is 1.95. The zero-order valence-corrected chi connectivity index (χ0v) is 17.4. The van der Waals surface area contributed by atoms with E-state index in [9.17, 15) is 9.59 Å². The quantitative estimate of drug-likeness (QED) is 0.554. The smallest absolute Gasteiger partial charge is 0.322 e. The first-order chi connectivity index (χ1) is 13.7. The molecule has 0 aliphatic rings. The Kier molecular flexibility index (Phi) is 5.59. The lowest BCUT2D eigenvalue weighted by Gasteiger charge is -2.12. The van der Waals surface area contributed by atoms with Crippen LogP contribution in [0.25, 0.3) is 28.1 Å². The van der Waals surface area contributed by atoms with E-state index in [1.54, 1.807) is 13.0 Å². The third-order valence-corrected chi connectivity index (χ3v) is 5.36. The normalized spacial score (nSPS) is 11.7. The lowest BCUT2D eigenvalue weighted by atomic mass is 9.93. The number of carbonyl (C=O) groups is 2. The van der Waals surface area contributed by atoms with Gasteiger partial charge in [0, 0.05) is 22.2 Å². The van der Waals surface area contributed by atoms with Crippen molar-refractivity contribution in [3.8, 4) is 11.1 Å². The lowest BCUT2D eigenvalue weighted by molar-refractivity contribution is -0.137. The molecule has 29 heavy (non-hydrogen) atoms. The lowest BCUT2D eigenvalue weighted by Crippen LogP contribution is -2.29. The molecule has 0 aliphatic carbocycles. The Morgan fingerprint density at radius 2 is 1.79 bits per heavy atom. The molecule has 0 radical (unpaired) electrons. The number of amides is 1. The number of hydrogen-bond donors (Lipinski definition) is 3. The molecule has 1 aromatic heterocycles. The van der Waals surface area contributed by atoms with Crippen LogP contribution in [-0.2, 0) is 9.59 Å². The number of fused-ring (bicyclic) bond motifs is 1. The summed E-state index contributed by atoms with van der Waals surface area (Å²) in [7, 11) is 0. The third-order valence-electron chi connectivity index (χ3n) is 5.36. The van der Waals surface area contributed by atoms with Crippen LogP contribution in [0.1, 0.15) is 34.9 Å². The monoisotopic (exact) mass is 390 g/mol. The van der Waals surface area contributed by atoms with E-state index in [1.165, 1.54) is 16.6 Å². The number of rotatable bonds is 5. The van der Waals surface area contributed by atoms with Crippen LogP contribution < -0.4 is 5.32 Å². The molecule has 3 rings (SSSR count). The highest BCUT2D eigenvalue weighted by Crippen LogP contribution is 2.31. The van der Waals surface area contributed by atoms with Gasteiger partial charge in [-0.05, 0) is 86.2 Å². The molecule has 150 valence electrons. The molecule has 0 bridgehead atoms.